The number of carbonyl (C=O) groups excluding carboxylic acids is 2. The van der Waals surface area contributed by atoms with Gasteiger partial charge in [-0.1, -0.05) is 38.8 Å². The summed E-state index contributed by atoms with van der Waals surface area (Å²) in [6, 6.07) is 14.4. The van der Waals surface area contributed by atoms with E-state index in [2.05, 4.69) is 36.9 Å². The van der Waals surface area contributed by atoms with Crippen molar-refractivity contribution in [1.29, 1.82) is 0 Å². The third-order valence-electron chi connectivity index (χ3n) is 3.72. The van der Waals surface area contributed by atoms with Crippen LogP contribution in [-0.4, -0.2) is 26.8 Å². The number of benzene rings is 2. The molecule has 0 bridgehead atoms. The molecule has 0 radical (unpaired) electrons. The zero-order chi connectivity index (χ0) is 19.4. The highest BCUT2D eigenvalue weighted by Crippen LogP contribution is 2.16. The van der Waals surface area contributed by atoms with E-state index in [0.717, 1.165) is 10.0 Å². The molecule has 0 unspecified atom stereocenters. The number of amides is 2. The summed E-state index contributed by atoms with van der Waals surface area (Å²) in [7, 11) is 0. The van der Waals surface area contributed by atoms with Crippen LogP contribution in [0, 0.1) is 6.92 Å². The van der Waals surface area contributed by atoms with E-state index in [1.54, 1.807) is 36.4 Å². The molecule has 3 aromatic rings. The molecule has 0 saturated carbocycles. The van der Waals surface area contributed by atoms with Crippen molar-refractivity contribution in [1.82, 2.24) is 15.0 Å². The second-order valence-corrected chi connectivity index (χ2v) is 6.77. The van der Waals surface area contributed by atoms with Crippen molar-refractivity contribution in [3.8, 4) is 0 Å². The van der Waals surface area contributed by atoms with Gasteiger partial charge in [0.15, 0.2) is 11.5 Å². The zero-order valence-corrected chi connectivity index (χ0v) is 16.0. The third-order valence-corrected chi connectivity index (χ3v) is 4.25. The predicted molar refractivity (Wildman–Crippen MR) is 106 cm³/mol. The Balaban J connectivity index is 1.65. The van der Waals surface area contributed by atoms with Crippen molar-refractivity contribution in [2.45, 2.75) is 13.5 Å². The fraction of sp³-hybridized carbons (Fsp3) is 0.111. The lowest BCUT2D eigenvalue weighted by Crippen LogP contribution is -2.21. The SMILES string of the molecule is Cc1ccc(NC(=O)Cn2nnc(C(=O)Nc3ccc(Br)cc3)c2N)cc1. The molecule has 8 nitrogen and oxygen atoms in total. The number of aromatic nitrogens is 3. The van der Waals surface area contributed by atoms with Gasteiger partial charge in [-0.25, -0.2) is 4.68 Å². The molecular weight excluding hydrogens is 412 g/mol. The number of hydrogen-bond acceptors (Lipinski definition) is 5. The van der Waals surface area contributed by atoms with Gasteiger partial charge in [0, 0.05) is 15.8 Å². The summed E-state index contributed by atoms with van der Waals surface area (Å²) < 4.78 is 2.07. The smallest absolute Gasteiger partial charge is 0.280 e. The van der Waals surface area contributed by atoms with Crippen LogP contribution in [0.2, 0.25) is 0 Å². The van der Waals surface area contributed by atoms with Crippen LogP contribution < -0.4 is 16.4 Å². The molecule has 2 amide bonds. The minimum absolute atomic E-state index is 0.0173. The number of nitrogens with two attached hydrogens (primary N) is 1. The molecule has 138 valence electrons. The number of halogens is 1. The molecule has 0 fully saturated rings. The lowest BCUT2D eigenvalue weighted by Gasteiger charge is -2.07. The Morgan fingerprint density at radius 3 is 2.30 bits per heavy atom. The number of nitrogens with zero attached hydrogens (tertiary/aromatic N) is 3. The molecule has 1 aromatic heterocycles. The number of hydrogen-bond donors (Lipinski definition) is 3. The molecule has 2 aromatic carbocycles. The molecular formula is C18H17BrN6O2. The lowest BCUT2D eigenvalue weighted by molar-refractivity contribution is -0.116. The van der Waals surface area contributed by atoms with Gasteiger partial charge < -0.3 is 16.4 Å². The van der Waals surface area contributed by atoms with Crippen LogP contribution in [0.4, 0.5) is 17.2 Å². The first-order chi connectivity index (χ1) is 12.9. The monoisotopic (exact) mass is 428 g/mol. The highest BCUT2D eigenvalue weighted by Gasteiger charge is 2.19. The maximum absolute atomic E-state index is 12.3. The average molecular weight is 429 g/mol. The van der Waals surface area contributed by atoms with E-state index in [1.165, 1.54) is 4.68 Å². The molecule has 0 aliphatic carbocycles. The third kappa shape index (κ3) is 4.70. The van der Waals surface area contributed by atoms with E-state index in [-0.39, 0.29) is 24.0 Å². The van der Waals surface area contributed by atoms with E-state index >= 15 is 0 Å². The number of aryl methyl sites for hydroxylation is 1. The van der Waals surface area contributed by atoms with Crippen molar-refractivity contribution >= 4 is 44.9 Å². The molecule has 0 aliphatic rings. The van der Waals surface area contributed by atoms with Crippen LogP contribution in [0.1, 0.15) is 16.1 Å². The van der Waals surface area contributed by atoms with Gasteiger partial charge in [-0.3, -0.25) is 9.59 Å². The number of nitrogens with one attached hydrogen (secondary N) is 2. The van der Waals surface area contributed by atoms with Crippen LogP contribution in [0.5, 0.6) is 0 Å². The van der Waals surface area contributed by atoms with Crippen LogP contribution in [0.3, 0.4) is 0 Å². The standard InChI is InChI=1S/C18H17BrN6O2/c1-11-2-6-13(7-3-11)21-15(26)10-25-17(20)16(23-24-25)18(27)22-14-8-4-12(19)5-9-14/h2-9H,10,20H2,1H3,(H,21,26)(H,22,27). The molecule has 9 heteroatoms. The quantitative estimate of drug-likeness (QED) is 0.577. The summed E-state index contributed by atoms with van der Waals surface area (Å²) in [6.45, 7) is 1.81. The van der Waals surface area contributed by atoms with E-state index in [0.29, 0.717) is 11.4 Å². The fourth-order valence-corrected chi connectivity index (χ4v) is 2.56. The molecule has 3 rings (SSSR count). The molecule has 0 aliphatic heterocycles. The van der Waals surface area contributed by atoms with Gasteiger partial charge in [0.05, 0.1) is 0 Å². The maximum Gasteiger partial charge on any atom is 0.280 e. The Kier molecular flexibility index (Phi) is 5.51. The highest BCUT2D eigenvalue weighted by atomic mass is 79.9. The first-order valence-electron chi connectivity index (χ1n) is 8.05. The van der Waals surface area contributed by atoms with E-state index in [4.69, 9.17) is 5.73 Å². The van der Waals surface area contributed by atoms with E-state index < -0.39 is 5.91 Å². The van der Waals surface area contributed by atoms with Gasteiger partial charge in [0.25, 0.3) is 5.91 Å². The predicted octanol–water partition coefficient (Wildman–Crippen LogP) is 2.82. The second-order valence-electron chi connectivity index (χ2n) is 5.86. The molecule has 27 heavy (non-hydrogen) atoms. The van der Waals surface area contributed by atoms with Gasteiger partial charge in [-0.2, -0.15) is 0 Å². The summed E-state index contributed by atoms with van der Waals surface area (Å²) in [6.07, 6.45) is 0. The van der Waals surface area contributed by atoms with Crippen molar-refractivity contribution in [2.75, 3.05) is 16.4 Å². The van der Waals surface area contributed by atoms with Gasteiger partial charge in [-0.05, 0) is 43.3 Å². The van der Waals surface area contributed by atoms with Crippen LogP contribution in [0.25, 0.3) is 0 Å². The Labute approximate surface area is 163 Å². The van der Waals surface area contributed by atoms with Crippen LogP contribution in [-0.2, 0) is 11.3 Å². The molecule has 1 heterocycles. The Bertz CT molecular complexity index is 967. The van der Waals surface area contributed by atoms with Crippen LogP contribution >= 0.6 is 15.9 Å². The lowest BCUT2D eigenvalue weighted by atomic mass is 10.2. The molecule has 0 spiro atoms. The minimum Gasteiger partial charge on any atom is -0.382 e. The summed E-state index contributed by atoms with van der Waals surface area (Å²) in [5, 5.41) is 13.0. The van der Waals surface area contributed by atoms with Gasteiger partial charge in [0.2, 0.25) is 5.91 Å². The molecule has 4 N–H and O–H groups in total. The molecule has 0 saturated heterocycles. The van der Waals surface area contributed by atoms with Crippen molar-refractivity contribution in [3.63, 3.8) is 0 Å². The Morgan fingerprint density at radius 2 is 1.63 bits per heavy atom. The fourth-order valence-electron chi connectivity index (χ4n) is 2.30. The number of rotatable bonds is 5. The topological polar surface area (TPSA) is 115 Å². The minimum atomic E-state index is -0.500. The average Bonchev–Trinajstić information content (AvgIpc) is 2.99. The summed E-state index contributed by atoms with van der Waals surface area (Å²) in [4.78, 5) is 24.5. The number of anilines is 3. The maximum atomic E-state index is 12.3. The van der Waals surface area contributed by atoms with Gasteiger partial charge in [0.1, 0.15) is 6.54 Å². The normalized spacial score (nSPS) is 10.4. The van der Waals surface area contributed by atoms with Crippen LogP contribution in [0.15, 0.2) is 53.0 Å². The Hall–Kier alpha value is -3.20. The number of carbonyl (C=O) groups is 2. The molecule has 0 atom stereocenters. The first kappa shape index (κ1) is 18.6. The van der Waals surface area contributed by atoms with Crippen molar-refractivity contribution < 1.29 is 9.59 Å². The Morgan fingerprint density at radius 1 is 1.04 bits per heavy atom. The highest BCUT2D eigenvalue weighted by molar-refractivity contribution is 9.10. The summed E-state index contributed by atoms with van der Waals surface area (Å²) in [5.74, 6) is -0.806. The van der Waals surface area contributed by atoms with E-state index in [1.807, 2.05) is 19.1 Å². The van der Waals surface area contributed by atoms with Gasteiger partial charge in [-0.15, -0.1) is 5.10 Å². The van der Waals surface area contributed by atoms with Gasteiger partial charge >= 0.3 is 0 Å². The van der Waals surface area contributed by atoms with Crippen molar-refractivity contribution in [2.24, 2.45) is 0 Å². The number of nitrogen functional groups attached to an aromatic ring is 1. The second kappa shape index (κ2) is 8.00. The largest absolute Gasteiger partial charge is 0.382 e. The zero-order valence-electron chi connectivity index (χ0n) is 14.4. The summed E-state index contributed by atoms with van der Waals surface area (Å²) in [5.41, 5.74) is 8.24. The van der Waals surface area contributed by atoms with E-state index in [9.17, 15) is 9.59 Å². The van der Waals surface area contributed by atoms with Crippen molar-refractivity contribution in [3.05, 3.63) is 64.3 Å². The first-order valence-corrected chi connectivity index (χ1v) is 8.84. The summed E-state index contributed by atoms with van der Waals surface area (Å²) >= 11 is 3.33.